The van der Waals surface area contributed by atoms with Crippen LogP contribution in [0, 0.1) is 17.2 Å². The number of nitrogens with one attached hydrogen (secondary N) is 1. The van der Waals surface area contributed by atoms with Gasteiger partial charge in [-0.15, -0.1) is 0 Å². The summed E-state index contributed by atoms with van der Waals surface area (Å²) in [6, 6.07) is 5.11. The van der Waals surface area contributed by atoms with Crippen molar-refractivity contribution in [2.24, 2.45) is 5.92 Å². The number of rotatable bonds is 3. The first-order valence-corrected chi connectivity index (χ1v) is 6.86. The molecule has 1 aliphatic carbocycles. The van der Waals surface area contributed by atoms with Gasteiger partial charge in [0.15, 0.2) is 0 Å². The minimum Gasteiger partial charge on any atom is -0.384 e. The standard InChI is InChI=1S/C15H17F3N2/c16-15(17,18)13-6-7-14(12(8-13)9-19)20-10-11-4-2-1-3-5-11/h6-8,11,20H,1-5,10H2. The summed E-state index contributed by atoms with van der Waals surface area (Å²) in [5.74, 6) is 0.553. The topological polar surface area (TPSA) is 35.8 Å². The van der Waals surface area contributed by atoms with E-state index in [1.165, 1.54) is 25.3 Å². The lowest BCUT2D eigenvalue weighted by Crippen LogP contribution is -2.17. The van der Waals surface area contributed by atoms with Gasteiger partial charge in [-0.3, -0.25) is 0 Å². The molecule has 2 rings (SSSR count). The predicted molar refractivity (Wildman–Crippen MR) is 71.2 cm³/mol. The molecule has 0 spiro atoms. The quantitative estimate of drug-likeness (QED) is 0.881. The van der Waals surface area contributed by atoms with Crippen LogP contribution in [0.25, 0.3) is 0 Å². The molecular weight excluding hydrogens is 265 g/mol. The lowest BCUT2D eigenvalue weighted by Gasteiger charge is -2.22. The van der Waals surface area contributed by atoms with Crippen LogP contribution in [0.1, 0.15) is 43.2 Å². The lowest BCUT2D eigenvalue weighted by atomic mass is 9.89. The summed E-state index contributed by atoms with van der Waals surface area (Å²) >= 11 is 0. The van der Waals surface area contributed by atoms with Crippen LogP contribution >= 0.6 is 0 Å². The van der Waals surface area contributed by atoms with Crippen molar-refractivity contribution in [1.29, 1.82) is 5.26 Å². The molecule has 5 heteroatoms. The molecule has 0 bridgehead atoms. The van der Waals surface area contributed by atoms with Crippen molar-refractivity contribution in [3.8, 4) is 6.07 Å². The summed E-state index contributed by atoms with van der Waals surface area (Å²) in [7, 11) is 0. The largest absolute Gasteiger partial charge is 0.416 e. The zero-order valence-corrected chi connectivity index (χ0v) is 11.1. The monoisotopic (exact) mass is 282 g/mol. The van der Waals surface area contributed by atoms with Crippen molar-refractivity contribution in [3.05, 3.63) is 29.3 Å². The van der Waals surface area contributed by atoms with Gasteiger partial charge in [-0.05, 0) is 37.0 Å². The van der Waals surface area contributed by atoms with E-state index in [0.717, 1.165) is 31.5 Å². The van der Waals surface area contributed by atoms with Crippen LogP contribution in [0.15, 0.2) is 18.2 Å². The maximum Gasteiger partial charge on any atom is 0.416 e. The molecule has 1 aliphatic rings. The highest BCUT2D eigenvalue weighted by Gasteiger charge is 2.31. The van der Waals surface area contributed by atoms with Crippen molar-refractivity contribution in [2.45, 2.75) is 38.3 Å². The van der Waals surface area contributed by atoms with Crippen LogP contribution in [0.5, 0.6) is 0 Å². The number of nitriles is 1. The van der Waals surface area contributed by atoms with Crippen LogP contribution in [-0.2, 0) is 6.18 Å². The molecule has 108 valence electrons. The maximum atomic E-state index is 12.6. The van der Waals surface area contributed by atoms with Crippen molar-refractivity contribution in [1.82, 2.24) is 0 Å². The molecule has 0 aliphatic heterocycles. The van der Waals surface area contributed by atoms with Gasteiger partial charge in [0.25, 0.3) is 0 Å². The average molecular weight is 282 g/mol. The second-order valence-electron chi connectivity index (χ2n) is 5.25. The summed E-state index contributed by atoms with van der Waals surface area (Å²) in [6.45, 7) is 0.722. The van der Waals surface area contributed by atoms with E-state index in [1.54, 1.807) is 0 Å². The van der Waals surface area contributed by atoms with Crippen LogP contribution in [0.4, 0.5) is 18.9 Å². The molecule has 0 amide bonds. The third-order valence-corrected chi connectivity index (χ3v) is 3.77. The van der Waals surface area contributed by atoms with E-state index in [4.69, 9.17) is 5.26 Å². The molecule has 1 saturated carbocycles. The third-order valence-electron chi connectivity index (χ3n) is 3.77. The van der Waals surface area contributed by atoms with E-state index in [1.807, 2.05) is 6.07 Å². The first kappa shape index (κ1) is 14.7. The molecule has 0 unspecified atom stereocenters. The highest BCUT2D eigenvalue weighted by molar-refractivity contribution is 5.59. The summed E-state index contributed by atoms with van der Waals surface area (Å²) in [4.78, 5) is 0. The molecule has 1 fully saturated rings. The SMILES string of the molecule is N#Cc1cc(C(F)(F)F)ccc1NCC1CCCCC1. The van der Waals surface area contributed by atoms with E-state index in [-0.39, 0.29) is 5.56 Å². The first-order chi connectivity index (χ1) is 9.50. The average Bonchev–Trinajstić information content (AvgIpc) is 2.45. The normalized spacial score (nSPS) is 16.7. The van der Waals surface area contributed by atoms with Crippen LogP contribution in [0.3, 0.4) is 0 Å². The van der Waals surface area contributed by atoms with E-state index in [9.17, 15) is 13.2 Å². The minimum atomic E-state index is -4.41. The molecule has 2 nitrogen and oxygen atoms in total. The Morgan fingerprint density at radius 2 is 1.90 bits per heavy atom. The lowest BCUT2D eigenvalue weighted by molar-refractivity contribution is -0.137. The fourth-order valence-electron chi connectivity index (χ4n) is 2.61. The van der Waals surface area contributed by atoms with E-state index < -0.39 is 11.7 Å². The van der Waals surface area contributed by atoms with Crippen molar-refractivity contribution < 1.29 is 13.2 Å². The second-order valence-corrected chi connectivity index (χ2v) is 5.25. The number of hydrogen-bond donors (Lipinski definition) is 1. The van der Waals surface area contributed by atoms with E-state index >= 15 is 0 Å². The summed E-state index contributed by atoms with van der Waals surface area (Å²) in [5, 5.41) is 12.1. The summed E-state index contributed by atoms with van der Waals surface area (Å²) in [5.41, 5.74) is -0.237. The number of benzene rings is 1. The Balaban J connectivity index is 2.06. The Morgan fingerprint density at radius 3 is 2.50 bits per heavy atom. The molecule has 0 heterocycles. The van der Waals surface area contributed by atoms with Gasteiger partial charge in [0, 0.05) is 6.54 Å². The smallest absolute Gasteiger partial charge is 0.384 e. The summed E-state index contributed by atoms with van der Waals surface area (Å²) < 4.78 is 37.7. The molecular formula is C15H17F3N2. The first-order valence-electron chi connectivity index (χ1n) is 6.86. The van der Waals surface area contributed by atoms with E-state index in [2.05, 4.69) is 5.32 Å². The van der Waals surface area contributed by atoms with Gasteiger partial charge < -0.3 is 5.32 Å². The van der Waals surface area contributed by atoms with Crippen molar-refractivity contribution in [3.63, 3.8) is 0 Å². The number of halogens is 3. The number of hydrogen-bond acceptors (Lipinski definition) is 2. The number of alkyl halides is 3. The van der Waals surface area contributed by atoms with Gasteiger partial charge in [-0.1, -0.05) is 19.3 Å². The fraction of sp³-hybridized carbons (Fsp3) is 0.533. The number of nitrogens with zero attached hydrogens (tertiary/aromatic N) is 1. The van der Waals surface area contributed by atoms with Gasteiger partial charge in [0.1, 0.15) is 6.07 Å². The zero-order chi connectivity index (χ0) is 14.6. The molecule has 0 atom stereocenters. The molecule has 1 aromatic rings. The Labute approximate surface area is 116 Å². The number of anilines is 1. The fourth-order valence-corrected chi connectivity index (χ4v) is 2.61. The third kappa shape index (κ3) is 3.66. The van der Waals surface area contributed by atoms with Gasteiger partial charge in [-0.2, -0.15) is 18.4 Å². The molecule has 1 aromatic carbocycles. The molecule has 0 radical (unpaired) electrons. The zero-order valence-electron chi connectivity index (χ0n) is 11.1. The molecule has 0 saturated heterocycles. The van der Waals surface area contributed by atoms with E-state index in [0.29, 0.717) is 11.6 Å². The van der Waals surface area contributed by atoms with Crippen LogP contribution in [0.2, 0.25) is 0 Å². The van der Waals surface area contributed by atoms with Gasteiger partial charge in [0.2, 0.25) is 0 Å². The Morgan fingerprint density at radius 1 is 1.20 bits per heavy atom. The maximum absolute atomic E-state index is 12.6. The van der Waals surface area contributed by atoms with Gasteiger partial charge >= 0.3 is 6.18 Å². The Hall–Kier alpha value is -1.70. The molecule has 20 heavy (non-hydrogen) atoms. The summed E-state index contributed by atoms with van der Waals surface area (Å²) in [6.07, 6.45) is 1.58. The van der Waals surface area contributed by atoms with Gasteiger partial charge in [-0.25, -0.2) is 0 Å². The second kappa shape index (κ2) is 6.17. The molecule has 1 N–H and O–H groups in total. The highest BCUT2D eigenvalue weighted by Crippen LogP contribution is 2.32. The minimum absolute atomic E-state index is 0.0515. The predicted octanol–water partition coefficient (Wildman–Crippen LogP) is 4.57. The highest BCUT2D eigenvalue weighted by atomic mass is 19.4. The van der Waals surface area contributed by atoms with Crippen LogP contribution in [-0.4, -0.2) is 6.54 Å². The molecule has 0 aromatic heterocycles. The van der Waals surface area contributed by atoms with Crippen LogP contribution < -0.4 is 5.32 Å². The Bertz CT molecular complexity index is 497. The van der Waals surface area contributed by atoms with Gasteiger partial charge in [0.05, 0.1) is 16.8 Å². The van der Waals surface area contributed by atoms with Crippen molar-refractivity contribution >= 4 is 5.69 Å². The Kier molecular flexibility index (Phi) is 4.53. The van der Waals surface area contributed by atoms with Crippen molar-refractivity contribution in [2.75, 3.05) is 11.9 Å².